The maximum atomic E-state index is 12.8. The third-order valence-electron chi connectivity index (χ3n) is 6.71. The van der Waals surface area contributed by atoms with Crippen molar-refractivity contribution >= 4 is 69.2 Å². The lowest BCUT2D eigenvalue weighted by Gasteiger charge is -2.06. The Labute approximate surface area is 234 Å². The number of benzene rings is 1. The molecule has 1 aromatic carbocycles. The number of carboxylic acid groups (broad SMARTS) is 4. The van der Waals surface area contributed by atoms with Gasteiger partial charge in [-0.25, -0.2) is 29.1 Å². The number of fused-ring (bicyclic) bond motifs is 8. The van der Waals surface area contributed by atoms with Crippen molar-refractivity contribution in [2.45, 2.75) is 0 Å². The lowest BCUT2D eigenvalue weighted by atomic mass is 9.95. The molecule has 0 amide bonds. The molecule has 2 aliphatic rings. The summed E-state index contributed by atoms with van der Waals surface area (Å²) in [6.07, 6.45) is 3.25. The maximum Gasteiger partial charge on any atom is 0.340 e. The number of hydrogen-bond acceptors (Lipinski definition) is 6. The van der Waals surface area contributed by atoms with Crippen LogP contribution >= 0.6 is 0 Å². The largest absolute Gasteiger partial charge is 0.478 e. The van der Waals surface area contributed by atoms with Crippen molar-refractivity contribution in [3.63, 3.8) is 0 Å². The van der Waals surface area contributed by atoms with Crippen LogP contribution < -0.4 is 0 Å². The number of H-pyrrole nitrogens is 2. The highest BCUT2D eigenvalue weighted by atomic mass is 16.4. The van der Waals surface area contributed by atoms with Crippen LogP contribution in [0.5, 0.6) is 0 Å². The van der Waals surface area contributed by atoms with Crippen LogP contribution in [0.25, 0.3) is 45.4 Å². The summed E-state index contributed by atoms with van der Waals surface area (Å²) in [5, 5.41) is 40.8. The lowest BCUT2D eigenvalue weighted by Crippen LogP contribution is -2.10. The van der Waals surface area contributed by atoms with Gasteiger partial charge in [-0.3, -0.25) is 0 Å². The van der Waals surface area contributed by atoms with Crippen molar-refractivity contribution < 1.29 is 39.6 Å². The molecule has 0 fully saturated rings. The molecule has 6 N–H and O–H groups in total. The van der Waals surface area contributed by atoms with Crippen LogP contribution in [0, 0.1) is 0 Å². The number of nitrogens with one attached hydrogen (secondary N) is 2. The van der Waals surface area contributed by atoms with E-state index in [1.807, 2.05) is 0 Å². The van der Waals surface area contributed by atoms with Gasteiger partial charge in [-0.15, -0.1) is 0 Å². The van der Waals surface area contributed by atoms with E-state index < -0.39 is 57.4 Å². The summed E-state index contributed by atoms with van der Waals surface area (Å²) in [5.74, 6) is -6.62. The first-order chi connectivity index (χ1) is 20.1. The summed E-state index contributed by atoms with van der Waals surface area (Å²) < 4.78 is 0. The zero-order valence-corrected chi connectivity index (χ0v) is 21.2. The molecule has 0 spiro atoms. The summed E-state index contributed by atoms with van der Waals surface area (Å²) in [6, 6.07) is 16.4. The second-order valence-corrected chi connectivity index (χ2v) is 9.32. The van der Waals surface area contributed by atoms with E-state index in [9.17, 15) is 39.6 Å². The average molecular weight is 562 g/mol. The van der Waals surface area contributed by atoms with Crippen molar-refractivity contribution in [3.8, 4) is 0 Å². The van der Waals surface area contributed by atoms with Gasteiger partial charge in [0.1, 0.15) is 11.1 Å². The smallest absolute Gasteiger partial charge is 0.340 e. The maximum absolute atomic E-state index is 12.8. The Balaban J connectivity index is 1.91. The molecule has 0 saturated heterocycles. The molecule has 0 aliphatic carbocycles. The van der Waals surface area contributed by atoms with Crippen molar-refractivity contribution in [1.29, 1.82) is 0 Å². The van der Waals surface area contributed by atoms with Crippen LogP contribution in [0.2, 0.25) is 0 Å². The van der Waals surface area contributed by atoms with Gasteiger partial charge in [0.25, 0.3) is 0 Å². The monoisotopic (exact) mass is 562 g/mol. The van der Waals surface area contributed by atoms with E-state index in [-0.39, 0.29) is 22.5 Å². The first-order valence-electron chi connectivity index (χ1n) is 12.3. The number of hydrogen-bond donors (Lipinski definition) is 6. The van der Waals surface area contributed by atoms with E-state index in [1.54, 1.807) is 66.7 Å². The van der Waals surface area contributed by atoms with E-state index in [0.717, 1.165) is 0 Å². The van der Waals surface area contributed by atoms with Crippen molar-refractivity contribution in [2.24, 2.45) is 0 Å². The number of nitrogens with zero attached hydrogens (tertiary/aromatic N) is 2. The first-order valence-corrected chi connectivity index (χ1v) is 12.3. The van der Waals surface area contributed by atoms with Gasteiger partial charge in [-0.2, -0.15) is 0 Å². The molecule has 5 heterocycles. The zero-order chi connectivity index (χ0) is 29.7. The number of aliphatic carboxylic acids is 1. The van der Waals surface area contributed by atoms with Gasteiger partial charge in [0, 0.05) is 16.6 Å². The molecule has 8 bridgehead atoms. The standard InChI is InChI=1S/C30H18N4O8/c35-27(36)21-19-12-17-9-7-15(32-17)10-14-6-8-16(31-14)11-18-20(13-4-2-1-3-5-13)22(28(37)38)25(33-18)24(30(41)42)26(34-19)23(21)29(39)40/h1-12,31,34H,(H,35,36)(H,37,38)(H,39,40)(H,41,42). The van der Waals surface area contributed by atoms with Gasteiger partial charge in [0.2, 0.25) is 0 Å². The fourth-order valence-corrected chi connectivity index (χ4v) is 5.05. The van der Waals surface area contributed by atoms with E-state index in [4.69, 9.17) is 0 Å². The lowest BCUT2D eigenvalue weighted by molar-refractivity contribution is -0.130. The van der Waals surface area contributed by atoms with Crippen LogP contribution in [-0.2, 0) is 4.79 Å². The van der Waals surface area contributed by atoms with Crippen LogP contribution in [-0.4, -0.2) is 64.2 Å². The summed E-state index contributed by atoms with van der Waals surface area (Å²) in [7, 11) is 0. The molecule has 42 heavy (non-hydrogen) atoms. The average Bonchev–Trinajstić information content (AvgIpc) is 3.71. The minimum absolute atomic E-state index is 0.0928. The molecule has 206 valence electrons. The molecule has 0 radical (unpaired) electrons. The highest BCUT2D eigenvalue weighted by Crippen LogP contribution is 2.38. The molecular weight excluding hydrogens is 544 g/mol. The number of carbonyl (C=O) groups is 4. The molecule has 0 atom stereocenters. The highest BCUT2D eigenvalue weighted by Gasteiger charge is 2.34. The highest BCUT2D eigenvalue weighted by molar-refractivity contribution is 6.29. The minimum atomic E-state index is -1.74. The molecule has 6 rings (SSSR count). The number of aromatic carboxylic acids is 3. The molecule has 0 unspecified atom stereocenters. The third-order valence-corrected chi connectivity index (χ3v) is 6.71. The number of aromatic nitrogens is 4. The Morgan fingerprint density at radius 2 is 1.24 bits per heavy atom. The predicted octanol–water partition coefficient (Wildman–Crippen LogP) is 4.62. The quantitative estimate of drug-likeness (QED) is 0.175. The van der Waals surface area contributed by atoms with Gasteiger partial charge in [0.15, 0.2) is 0 Å². The summed E-state index contributed by atoms with van der Waals surface area (Å²) in [5.41, 5.74) is -1.80. The Bertz CT molecular complexity index is 2100. The Kier molecular flexibility index (Phi) is 6.00. The summed E-state index contributed by atoms with van der Waals surface area (Å²) >= 11 is 0. The molecule has 3 aromatic heterocycles. The molecule has 0 saturated carbocycles. The first kappa shape index (κ1) is 26.0. The van der Waals surface area contributed by atoms with Crippen molar-refractivity contribution in [3.05, 3.63) is 106 Å². The zero-order valence-electron chi connectivity index (χ0n) is 21.2. The summed E-state index contributed by atoms with van der Waals surface area (Å²) in [4.78, 5) is 65.0. The summed E-state index contributed by atoms with van der Waals surface area (Å²) in [6.45, 7) is 0. The van der Waals surface area contributed by atoms with E-state index in [0.29, 0.717) is 22.3 Å². The molecular formula is C30H18N4O8. The SMILES string of the molecule is O=C(O)C1=C(c2ccccc2)c2cc3ccc(cc4nc(cc5[nH]c(c(C(=O)O)c1n2)c(C(=O)O)c5C(=O)O)C=C4)[nH]3. The second kappa shape index (κ2) is 9.71. The Morgan fingerprint density at radius 3 is 1.86 bits per heavy atom. The van der Waals surface area contributed by atoms with Gasteiger partial charge >= 0.3 is 23.9 Å². The normalized spacial score (nSPS) is 12.4. The number of carboxylic acids is 4. The van der Waals surface area contributed by atoms with E-state index in [1.165, 1.54) is 6.07 Å². The van der Waals surface area contributed by atoms with Crippen molar-refractivity contribution in [1.82, 2.24) is 19.9 Å². The fourth-order valence-electron chi connectivity index (χ4n) is 5.05. The van der Waals surface area contributed by atoms with Gasteiger partial charge in [0.05, 0.1) is 44.9 Å². The topological polar surface area (TPSA) is 207 Å². The van der Waals surface area contributed by atoms with Crippen LogP contribution in [0.15, 0.2) is 60.7 Å². The van der Waals surface area contributed by atoms with Gasteiger partial charge in [-0.1, -0.05) is 30.3 Å². The molecule has 4 aromatic rings. The Morgan fingerprint density at radius 1 is 0.619 bits per heavy atom. The van der Waals surface area contributed by atoms with Gasteiger partial charge < -0.3 is 30.4 Å². The molecule has 12 heteroatoms. The van der Waals surface area contributed by atoms with Crippen LogP contribution in [0.4, 0.5) is 0 Å². The number of rotatable bonds is 5. The van der Waals surface area contributed by atoms with Gasteiger partial charge in [-0.05, 0) is 48.0 Å². The molecule has 12 nitrogen and oxygen atoms in total. The van der Waals surface area contributed by atoms with E-state index >= 15 is 0 Å². The second-order valence-electron chi connectivity index (χ2n) is 9.32. The van der Waals surface area contributed by atoms with Crippen molar-refractivity contribution in [2.75, 3.05) is 0 Å². The predicted molar refractivity (Wildman–Crippen MR) is 151 cm³/mol. The third kappa shape index (κ3) is 4.29. The fraction of sp³-hybridized carbons (Fsp3) is 0. The number of aromatic amines is 2. The minimum Gasteiger partial charge on any atom is -0.478 e. The molecule has 2 aliphatic heterocycles. The Hall–Kier alpha value is -6.30. The van der Waals surface area contributed by atoms with Crippen LogP contribution in [0.1, 0.15) is 59.4 Å². The van der Waals surface area contributed by atoms with Crippen LogP contribution in [0.3, 0.4) is 0 Å². The van der Waals surface area contributed by atoms with E-state index in [2.05, 4.69) is 19.9 Å².